The van der Waals surface area contributed by atoms with Crippen LogP contribution in [0.4, 0.5) is 0 Å². The van der Waals surface area contributed by atoms with Crippen molar-refractivity contribution in [1.82, 2.24) is 4.90 Å². The summed E-state index contributed by atoms with van der Waals surface area (Å²) in [4.78, 5) is 2.52. The topological polar surface area (TPSA) is 3.24 Å². The van der Waals surface area contributed by atoms with E-state index in [9.17, 15) is 0 Å². The summed E-state index contributed by atoms with van der Waals surface area (Å²) in [5, 5.41) is 0.126. The van der Waals surface area contributed by atoms with Crippen LogP contribution in [0.5, 0.6) is 0 Å². The molecule has 0 aliphatic carbocycles. The summed E-state index contributed by atoms with van der Waals surface area (Å²) < 4.78 is 0. The number of halogens is 1. The van der Waals surface area contributed by atoms with Gasteiger partial charge in [-0.2, -0.15) is 0 Å². The minimum absolute atomic E-state index is 0.126. The van der Waals surface area contributed by atoms with E-state index in [4.69, 9.17) is 11.6 Å². The Labute approximate surface area is 123 Å². The van der Waals surface area contributed by atoms with Crippen LogP contribution in [0.2, 0.25) is 0 Å². The van der Waals surface area contributed by atoms with E-state index in [2.05, 4.69) is 43.0 Å². The first kappa shape index (κ1) is 14.9. The molecule has 0 amide bonds. The Kier molecular flexibility index (Phi) is 5.72. The zero-order valence-corrected chi connectivity index (χ0v) is 13.0. The molecule has 0 N–H and O–H groups in total. The molecule has 1 nitrogen and oxygen atoms in total. The quantitative estimate of drug-likeness (QED) is 0.709. The van der Waals surface area contributed by atoms with Crippen molar-refractivity contribution in [2.75, 3.05) is 19.6 Å². The zero-order valence-electron chi connectivity index (χ0n) is 12.2. The third kappa shape index (κ3) is 4.50. The molecule has 2 atom stereocenters. The number of piperidine rings is 1. The lowest BCUT2D eigenvalue weighted by atomic mass is 9.99. The van der Waals surface area contributed by atoms with Crippen molar-refractivity contribution >= 4 is 11.6 Å². The van der Waals surface area contributed by atoms with Crippen molar-refractivity contribution in [1.29, 1.82) is 0 Å². The van der Waals surface area contributed by atoms with Gasteiger partial charge < -0.3 is 4.90 Å². The molecule has 0 saturated carbocycles. The summed E-state index contributed by atoms with van der Waals surface area (Å²) in [6.07, 6.45) is 5.06. The van der Waals surface area contributed by atoms with Crippen molar-refractivity contribution in [3.8, 4) is 0 Å². The summed E-state index contributed by atoms with van der Waals surface area (Å²) >= 11 is 6.58. The van der Waals surface area contributed by atoms with E-state index >= 15 is 0 Å². The molecule has 2 unspecified atom stereocenters. The second kappa shape index (κ2) is 7.31. The average Bonchev–Trinajstić information content (AvgIpc) is 2.40. The van der Waals surface area contributed by atoms with Gasteiger partial charge in [-0.15, -0.1) is 11.6 Å². The Morgan fingerprint density at radius 1 is 1.32 bits per heavy atom. The van der Waals surface area contributed by atoms with Crippen LogP contribution in [0, 0.1) is 5.92 Å². The molecule has 1 aromatic carbocycles. The molecule has 19 heavy (non-hydrogen) atoms. The zero-order chi connectivity index (χ0) is 13.7. The van der Waals surface area contributed by atoms with Crippen molar-refractivity contribution < 1.29 is 0 Å². The predicted octanol–water partition coefficient (Wildman–Crippen LogP) is 4.65. The normalized spacial score (nSPS) is 22.4. The molecule has 1 heterocycles. The average molecular weight is 280 g/mol. The first-order chi connectivity index (χ1) is 9.19. The van der Waals surface area contributed by atoms with Gasteiger partial charge in [-0.05, 0) is 42.9 Å². The van der Waals surface area contributed by atoms with E-state index in [-0.39, 0.29) is 5.38 Å². The van der Waals surface area contributed by atoms with Gasteiger partial charge in [0.15, 0.2) is 0 Å². The summed E-state index contributed by atoms with van der Waals surface area (Å²) in [7, 11) is 0. The highest BCUT2D eigenvalue weighted by atomic mass is 35.5. The molecule has 0 aromatic heterocycles. The van der Waals surface area contributed by atoms with E-state index in [1.54, 1.807) is 0 Å². The van der Waals surface area contributed by atoms with Crippen molar-refractivity contribution in [2.45, 2.75) is 44.9 Å². The molecule has 1 aliphatic rings. The Morgan fingerprint density at radius 2 is 2.05 bits per heavy atom. The standard InChI is InChI=1S/C17H26ClN/c1-3-5-15-7-9-16(10-8-15)17(18)13-19-11-4-6-14(2)12-19/h7-10,14,17H,3-6,11-13H2,1-2H3. The fourth-order valence-electron chi connectivity index (χ4n) is 2.97. The van der Waals surface area contributed by atoms with Crippen LogP contribution >= 0.6 is 11.6 Å². The van der Waals surface area contributed by atoms with Gasteiger partial charge in [0, 0.05) is 13.1 Å². The van der Waals surface area contributed by atoms with Gasteiger partial charge in [-0.1, -0.05) is 44.5 Å². The Balaban J connectivity index is 1.89. The molecular weight excluding hydrogens is 254 g/mol. The van der Waals surface area contributed by atoms with E-state index in [1.165, 1.54) is 43.5 Å². The largest absolute Gasteiger partial charge is 0.301 e. The number of benzene rings is 1. The third-order valence-electron chi connectivity index (χ3n) is 4.04. The van der Waals surface area contributed by atoms with Gasteiger partial charge in [0.2, 0.25) is 0 Å². The third-order valence-corrected chi connectivity index (χ3v) is 4.43. The predicted molar refractivity (Wildman–Crippen MR) is 83.9 cm³/mol. The van der Waals surface area contributed by atoms with E-state index in [1.807, 2.05) is 0 Å². The van der Waals surface area contributed by atoms with Crippen LogP contribution in [0.3, 0.4) is 0 Å². The number of hydrogen-bond acceptors (Lipinski definition) is 1. The van der Waals surface area contributed by atoms with Crippen molar-refractivity contribution in [2.24, 2.45) is 5.92 Å². The van der Waals surface area contributed by atoms with Crippen LogP contribution in [-0.2, 0) is 6.42 Å². The minimum Gasteiger partial charge on any atom is -0.301 e. The molecule has 106 valence electrons. The molecule has 1 saturated heterocycles. The number of alkyl halides is 1. The van der Waals surface area contributed by atoms with E-state index in [0.29, 0.717) is 0 Å². The molecule has 2 heteroatoms. The monoisotopic (exact) mass is 279 g/mol. The van der Waals surface area contributed by atoms with Crippen LogP contribution < -0.4 is 0 Å². The van der Waals surface area contributed by atoms with Crippen LogP contribution in [-0.4, -0.2) is 24.5 Å². The maximum absolute atomic E-state index is 6.58. The van der Waals surface area contributed by atoms with Gasteiger partial charge >= 0.3 is 0 Å². The summed E-state index contributed by atoms with van der Waals surface area (Å²) in [5.41, 5.74) is 2.68. The second-order valence-corrected chi connectivity index (χ2v) is 6.49. The van der Waals surface area contributed by atoms with Gasteiger partial charge in [-0.25, -0.2) is 0 Å². The Morgan fingerprint density at radius 3 is 2.68 bits per heavy atom. The Hall–Kier alpha value is -0.530. The van der Waals surface area contributed by atoms with Crippen molar-refractivity contribution in [3.63, 3.8) is 0 Å². The highest BCUT2D eigenvalue weighted by molar-refractivity contribution is 6.21. The molecule has 1 aromatic rings. The number of nitrogens with zero attached hydrogens (tertiary/aromatic N) is 1. The van der Waals surface area contributed by atoms with Crippen LogP contribution in [0.15, 0.2) is 24.3 Å². The van der Waals surface area contributed by atoms with E-state index in [0.717, 1.165) is 18.9 Å². The first-order valence-electron chi connectivity index (χ1n) is 7.64. The van der Waals surface area contributed by atoms with Crippen molar-refractivity contribution in [3.05, 3.63) is 35.4 Å². The SMILES string of the molecule is CCCc1ccc(C(Cl)CN2CCCC(C)C2)cc1. The fourth-order valence-corrected chi connectivity index (χ4v) is 3.31. The molecular formula is C17H26ClN. The van der Waals surface area contributed by atoms with Gasteiger partial charge in [0.05, 0.1) is 5.38 Å². The highest BCUT2D eigenvalue weighted by Crippen LogP contribution is 2.25. The number of rotatable bonds is 5. The second-order valence-electron chi connectivity index (χ2n) is 5.97. The molecule has 0 radical (unpaired) electrons. The first-order valence-corrected chi connectivity index (χ1v) is 8.08. The molecule has 1 fully saturated rings. The van der Waals surface area contributed by atoms with Gasteiger partial charge in [-0.3, -0.25) is 0 Å². The van der Waals surface area contributed by atoms with Gasteiger partial charge in [0.25, 0.3) is 0 Å². The lowest BCUT2D eigenvalue weighted by Crippen LogP contribution is -2.36. The Bertz CT molecular complexity index is 373. The minimum atomic E-state index is 0.126. The fraction of sp³-hybridized carbons (Fsp3) is 0.647. The molecule has 1 aliphatic heterocycles. The lowest BCUT2D eigenvalue weighted by molar-refractivity contribution is 0.184. The van der Waals surface area contributed by atoms with E-state index < -0.39 is 0 Å². The van der Waals surface area contributed by atoms with Crippen LogP contribution in [0.1, 0.15) is 49.6 Å². The lowest BCUT2D eigenvalue weighted by Gasteiger charge is -2.32. The summed E-state index contributed by atoms with van der Waals surface area (Å²) in [5.74, 6) is 0.824. The molecule has 2 rings (SSSR count). The number of aryl methyl sites for hydroxylation is 1. The highest BCUT2D eigenvalue weighted by Gasteiger charge is 2.19. The maximum atomic E-state index is 6.58. The van der Waals surface area contributed by atoms with Gasteiger partial charge in [0.1, 0.15) is 0 Å². The maximum Gasteiger partial charge on any atom is 0.0712 e. The number of hydrogen-bond donors (Lipinski definition) is 0. The molecule has 0 bridgehead atoms. The summed E-state index contributed by atoms with van der Waals surface area (Å²) in [6.45, 7) is 7.96. The summed E-state index contributed by atoms with van der Waals surface area (Å²) in [6, 6.07) is 8.87. The smallest absolute Gasteiger partial charge is 0.0712 e. The number of likely N-dealkylation sites (tertiary alicyclic amines) is 1. The molecule has 0 spiro atoms. The van der Waals surface area contributed by atoms with Crippen LogP contribution in [0.25, 0.3) is 0 Å².